The Balaban J connectivity index is 0.000000358. The third kappa shape index (κ3) is 16.2. The smallest absolute Gasteiger partial charge is 0.324 e. The van der Waals surface area contributed by atoms with Crippen LogP contribution in [0, 0.1) is 41.5 Å². The van der Waals surface area contributed by atoms with Crippen LogP contribution in [0.2, 0.25) is 0 Å². The Hall–Kier alpha value is -2.03. The van der Waals surface area contributed by atoms with E-state index in [9.17, 15) is 0 Å². The molecule has 0 atom stereocenters. The first-order valence-electron chi connectivity index (χ1n) is 9.06. The molecule has 0 aromatic heterocycles. The molecule has 0 heterocycles. The Bertz CT molecular complexity index is 643. The molecule has 0 saturated carbocycles. The molecule has 152 valence electrons. The second-order valence-corrected chi connectivity index (χ2v) is 7.28. The first-order chi connectivity index (χ1) is 13.1. The lowest BCUT2D eigenvalue weighted by molar-refractivity contribution is 0.368. The molecule has 0 radical (unpaired) electrons. The number of hydrogen-bond donors (Lipinski definition) is 3. The summed E-state index contributed by atoms with van der Waals surface area (Å²) in [7, 11) is -2.62. The highest BCUT2D eigenvalue weighted by atomic mass is 31.2. The average molecular weight is 400 g/mol. The maximum absolute atomic E-state index is 7.23. The SMILES string of the molecule is Cc1cccc(C)c1.Cc1cccc(C)c1.Cc1cccc(C)c1.OP(O)O. The van der Waals surface area contributed by atoms with Crippen LogP contribution in [-0.4, -0.2) is 14.7 Å². The Morgan fingerprint density at radius 1 is 0.429 bits per heavy atom. The Morgan fingerprint density at radius 2 is 0.571 bits per heavy atom. The third-order valence-electron chi connectivity index (χ3n) is 3.52. The first-order valence-corrected chi connectivity index (χ1v) is 10.3. The monoisotopic (exact) mass is 400 g/mol. The molecule has 3 nitrogen and oxygen atoms in total. The lowest BCUT2D eigenvalue weighted by atomic mass is 10.2. The van der Waals surface area contributed by atoms with Gasteiger partial charge in [-0.3, -0.25) is 0 Å². The molecule has 28 heavy (non-hydrogen) atoms. The normalized spacial score (nSPS) is 9.21. The van der Waals surface area contributed by atoms with Crippen LogP contribution in [0.3, 0.4) is 0 Å². The van der Waals surface area contributed by atoms with Crippen LogP contribution in [0.25, 0.3) is 0 Å². The summed E-state index contributed by atoms with van der Waals surface area (Å²) in [6.45, 7) is 12.6. The van der Waals surface area contributed by atoms with Gasteiger partial charge in [-0.05, 0) is 41.5 Å². The minimum atomic E-state index is -2.62. The Kier molecular flexibility index (Phi) is 13.9. The lowest BCUT2D eigenvalue weighted by Gasteiger charge is -1.90. The topological polar surface area (TPSA) is 60.7 Å². The molecular formula is C24H33O3P. The predicted octanol–water partition coefficient (Wildman–Crippen LogP) is 6.10. The average Bonchev–Trinajstić information content (AvgIpc) is 2.54. The van der Waals surface area contributed by atoms with Crippen LogP contribution in [0.15, 0.2) is 72.8 Å². The first kappa shape index (κ1) is 26.0. The summed E-state index contributed by atoms with van der Waals surface area (Å²) >= 11 is 0. The summed E-state index contributed by atoms with van der Waals surface area (Å²) in [4.78, 5) is 21.7. The van der Waals surface area contributed by atoms with Crippen molar-refractivity contribution in [3.8, 4) is 0 Å². The summed E-state index contributed by atoms with van der Waals surface area (Å²) in [5.41, 5.74) is 8.03. The van der Waals surface area contributed by atoms with Gasteiger partial charge in [-0.1, -0.05) is 106 Å². The van der Waals surface area contributed by atoms with Crippen molar-refractivity contribution in [3.05, 3.63) is 106 Å². The van der Waals surface area contributed by atoms with Crippen molar-refractivity contribution in [2.24, 2.45) is 0 Å². The zero-order valence-electron chi connectivity index (χ0n) is 17.7. The molecule has 3 aromatic rings. The van der Waals surface area contributed by atoms with E-state index in [0.717, 1.165) is 0 Å². The number of hydrogen-bond acceptors (Lipinski definition) is 3. The van der Waals surface area contributed by atoms with E-state index < -0.39 is 8.60 Å². The molecule has 3 N–H and O–H groups in total. The van der Waals surface area contributed by atoms with Gasteiger partial charge in [0.1, 0.15) is 0 Å². The van der Waals surface area contributed by atoms with Crippen LogP contribution in [0.4, 0.5) is 0 Å². The van der Waals surface area contributed by atoms with E-state index in [2.05, 4.69) is 114 Å². The van der Waals surface area contributed by atoms with Crippen molar-refractivity contribution >= 4 is 8.60 Å². The lowest BCUT2D eigenvalue weighted by Crippen LogP contribution is -1.71. The number of aryl methyl sites for hydroxylation is 6. The second kappa shape index (κ2) is 15.0. The van der Waals surface area contributed by atoms with Gasteiger partial charge in [-0.15, -0.1) is 0 Å². The fourth-order valence-corrected chi connectivity index (χ4v) is 2.42. The maximum Gasteiger partial charge on any atom is 0.324 e. The van der Waals surface area contributed by atoms with Crippen LogP contribution < -0.4 is 0 Å². The fourth-order valence-electron chi connectivity index (χ4n) is 2.42. The highest BCUT2D eigenvalue weighted by Gasteiger charge is 1.82. The van der Waals surface area contributed by atoms with Gasteiger partial charge in [0.15, 0.2) is 0 Å². The molecule has 0 amide bonds. The largest absolute Gasteiger partial charge is 0.328 e. The van der Waals surface area contributed by atoms with Gasteiger partial charge in [-0.2, -0.15) is 0 Å². The van der Waals surface area contributed by atoms with Crippen molar-refractivity contribution in [3.63, 3.8) is 0 Å². The van der Waals surface area contributed by atoms with Crippen molar-refractivity contribution in [1.82, 2.24) is 0 Å². The number of rotatable bonds is 0. The van der Waals surface area contributed by atoms with Crippen LogP contribution in [-0.2, 0) is 0 Å². The van der Waals surface area contributed by atoms with Gasteiger partial charge >= 0.3 is 8.60 Å². The summed E-state index contributed by atoms with van der Waals surface area (Å²) < 4.78 is 0. The van der Waals surface area contributed by atoms with Gasteiger partial charge in [0.25, 0.3) is 0 Å². The minimum absolute atomic E-state index is 1.34. The van der Waals surface area contributed by atoms with Crippen LogP contribution >= 0.6 is 8.60 Å². The van der Waals surface area contributed by atoms with E-state index in [4.69, 9.17) is 14.7 Å². The van der Waals surface area contributed by atoms with Crippen LogP contribution in [0.1, 0.15) is 33.4 Å². The quantitative estimate of drug-likeness (QED) is 0.400. The molecule has 0 bridgehead atoms. The molecule has 0 aliphatic carbocycles. The van der Waals surface area contributed by atoms with Gasteiger partial charge < -0.3 is 14.7 Å². The van der Waals surface area contributed by atoms with E-state index in [-0.39, 0.29) is 0 Å². The minimum Gasteiger partial charge on any atom is -0.328 e. The maximum atomic E-state index is 7.23. The Labute approximate surface area is 171 Å². The van der Waals surface area contributed by atoms with Crippen molar-refractivity contribution in [2.45, 2.75) is 41.5 Å². The third-order valence-corrected chi connectivity index (χ3v) is 3.52. The van der Waals surface area contributed by atoms with E-state index in [1.54, 1.807) is 0 Å². The second-order valence-electron chi connectivity index (χ2n) is 6.74. The highest BCUT2D eigenvalue weighted by molar-refractivity contribution is 7.38. The molecule has 4 heteroatoms. The van der Waals surface area contributed by atoms with E-state index in [0.29, 0.717) is 0 Å². The molecule has 3 rings (SSSR count). The fraction of sp³-hybridized carbons (Fsp3) is 0.250. The zero-order valence-corrected chi connectivity index (χ0v) is 18.6. The highest BCUT2D eigenvalue weighted by Crippen LogP contribution is 2.11. The predicted molar refractivity (Wildman–Crippen MR) is 121 cm³/mol. The van der Waals surface area contributed by atoms with Gasteiger partial charge in [0, 0.05) is 0 Å². The standard InChI is InChI=1S/3C8H10.H3O3P/c3*1-7-4-3-5-8(2)6-7;1-4(2)3/h3*3-6H,1-2H3;1-3H. The van der Waals surface area contributed by atoms with Gasteiger partial charge in [0.05, 0.1) is 0 Å². The van der Waals surface area contributed by atoms with Gasteiger partial charge in [0.2, 0.25) is 0 Å². The summed E-state index contributed by atoms with van der Waals surface area (Å²) in [5, 5.41) is 0. The molecule has 0 spiro atoms. The van der Waals surface area contributed by atoms with Crippen molar-refractivity contribution in [2.75, 3.05) is 0 Å². The van der Waals surface area contributed by atoms with E-state index >= 15 is 0 Å². The molecule has 3 aromatic carbocycles. The molecular weight excluding hydrogens is 367 g/mol. The Morgan fingerprint density at radius 3 is 0.643 bits per heavy atom. The van der Waals surface area contributed by atoms with E-state index in [1.807, 2.05) is 0 Å². The number of benzene rings is 3. The molecule has 0 unspecified atom stereocenters. The molecule has 0 aliphatic heterocycles. The van der Waals surface area contributed by atoms with E-state index in [1.165, 1.54) is 33.4 Å². The van der Waals surface area contributed by atoms with Crippen LogP contribution in [0.5, 0.6) is 0 Å². The van der Waals surface area contributed by atoms with Crippen molar-refractivity contribution < 1.29 is 14.7 Å². The van der Waals surface area contributed by atoms with Gasteiger partial charge in [-0.25, -0.2) is 0 Å². The molecule has 0 saturated heterocycles. The molecule has 0 fully saturated rings. The van der Waals surface area contributed by atoms with Crippen molar-refractivity contribution in [1.29, 1.82) is 0 Å². The summed E-state index contributed by atoms with van der Waals surface area (Å²) in [6.07, 6.45) is 0. The zero-order chi connectivity index (χ0) is 21.5. The summed E-state index contributed by atoms with van der Waals surface area (Å²) in [6, 6.07) is 25.3. The molecule has 0 aliphatic rings. The summed E-state index contributed by atoms with van der Waals surface area (Å²) in [5.74, 6) is 0.